The number of methoxy groups -OCH3 is 1. The predicted molar refractivity (Wildman–Crippen MR) is 93.6 cm³/mol. The van der Waals surface area contributed by atoms with Gasteiger partial charge in [0.15, 0.2) is 0 Å². The average Bonchev–Trinajstić information content (AvgIpc) is 2.84. The molecule has 0 heterocycles. The monoisotopic (exact) mass is 334 g/mol. The predicted octanol–water partition coefficient (Wildman–Crippen LogP) is 3.98. The van der Waals surface area contributed by atoms with Crippen molar-refractivity contribution in [3.63, 3.8) is 0 Å². The number of ether oxygens (including phenoxy) is 1. The van der Waals surface area contributed by atoms with Gasteiger partial charge in [-0.2, -0.15) is 0 Å². The van der Waals surface area contributed by atoms with E-state index in [0.717, 1.165) is 50.4 Å². The molecule has 3 nitrogen and oxygen atoms in total. The van der Waals surface area contributed by atoms with E-state index in [1.807, 2.05) is 0 Å². The minimum absolute atomic E-state index is 0.0180. The van der Waals surface area contributed by atoms with E-state index in [-0.39, 0.29) is 5.41 Å². The molecule has 4 saturated carbocycles. The molecule has 0 aromatic carbocycles. The van der Waals surface area contributed by atoms with Crippen molar-refractivity contribution in [2.75, 3.05) is 13.7 Å². The van der Waals surface area contributed by atoms with Gasteiger partial charge < -0.3 is 9.84 Å². The van der Waals surface area contributed by atoms with Crippen LogP contribution in [0.25, 0.3) is 0 Å². The largest absolute Gasteiger partial charge is 0.387 e. The Balaban J connectivity index is 1.58. The summed E-state index contributed by atoms with van der Waals surface area (Å²) >= 11 is 0. The van der Waals surface area contributed by atoms with E-state index in [1.54, 1.807) is 7.11 Å². The van der Waals surface area contributed by atoms with Gasteiger partial charge in [-0.05, 0) is 80.5 Å². The summed E-state index contributed by atoms with van der Waals surface area (Å²) in [4.78, 5) is 12.5. The molecule has 4 aliphatic carbocycles. The van der Waals surface area contributed by atoms with Crippen molar-refractivity contribution in [2.45, 2.75) is 77.2 Å². The Morgan fingerprint density at radius 2 is 1.88 bits per heavy atom. The van der Waals surface area contributed by atoms with Crippen molar-refractivity contribution in [3.05, 3.63) is 0 Å². The van der Waals surface area contributed by atoms with Crippen LogP contribution in [0.3, 0.4) is 0 Å². The first-order valence-corrected chi connectivity index (χ1v) is 10.1. The maximum Gasteiger partial charge on any atom is 0.139 e. The molecule has 0 aromatic rings. The number of hydrogen-bond acceptors (Lipinski definition) is 3. The molecule has 7 atom stereocenters. The smallest absolute Gasteiger partial charge is 0.139 e. The molecule has 0 amide bonds. The second-order valence-electron chi connectivity index (χ2n) is 9.94. The normalized spacial score (nSPS) is 54.1. The van der Waals surface area contributed by atoms with Gasteiger partial charge in [-0.1, -0.05) is 13.8 Å². The van der Waals surface area contributed by atoms with Crippen LogP contribution in [0.2, 0.25) is 0 Å². The summed E-state index contributed by atoms with van der Waals surface area (Å²) in [5.41, 5.74) is -0.274. The zero-order valence-electron chi connectivity index (χ0n) is 15.6. The van der Waals surface area contributed by atoms with Gasteiger partial charge in [0.05, 0.1) is 12.2 Å². The van der Waals surface area contributed by atoms with Crippen LogP contribution < -0.4 is 0 Å². The molecule has 0 aliphatic heterocycles. The Morgan fingerprint density at radius 1 is 1.08 bits per heavy atom. The Labute approximate surface area is 146 Å². The molecule has 0 saturated heterocycles. The highest BCUT2D eigenvalue weighted by molar-refractivity contribution is 5.87. The lowest BCUT2D eigenvalue weighted by molar-refractivity contribution is -0.163. The lowest BCUT2D eigenvalue weighted by Gasteiger charge is -2.61. The van der Waals surface area contributed by atoms with Crippen LogP contribution in [-0.2, 0) is 9.53 Å². The third-order valence-electron chi connectivity index (χ3n) is 8.94. The van der Waals surface area contributed by atoms with E-state index >= 15 is 0 Å². The van der Waals surface area contributed by atoms with Crippen LogP contribution in [0.4, 0.5) is 0 Å². The number of carbonyl (C=O) groups is 1. The van der Waals surface area contributed by atoms with Crippen molar-refractivity contribution >= 4 is 5.78 Å². The fourth-order valence-electron chi connectivity index (χ4n) is 7.49. The maximum atomic E-state index is 12.5. The number of rotatable bonds is 2. The van der Waals surface area contributed by atoms with Gasteiger partial charge in [0.1, 0.15) is 5.78 Å². The summed E-state index contributed by atoms with van der Waals surface area (Å²) in [5, 5.41) is 10.9. The van der Waals surface area contributed by atoms with Crippen LogP contribution in [0, 0.1) is 34.5 Å². The van der Waals surface area contributed by atoms with Gasteiger partial charge in [0.2, 0.25) is 0 Å². The molecule has 3 heteroatoms. The topological polar surface area (TPSA) is 46.5 Å². The zero-order valence-corrected chi connectivity index (χ0v) is 15.6. The second-order valence-corrected chi connectivity index (χ2v) is 9.94. The summed E-state index contributed by atoms with van der Waals surface area (Å²) < 4.78 is 5.30. The Kier molecular flexibility index (Phi) is 3.93. The minimum Gasteiger partial charge on any atom is -0.387 e. The number of hydrogen-bond donors (Lipinski definition) is 1. The summed E-state index contributed by atoms with van der Waals surface area (Å²) in [7, 11) is 1.70. The summed E-state index contributed by atoms with van der Waals surface area (Å²) in [5.74, 6) is 3.28. The molecule has 24 heavy (non-hydrogen) atoms. The van der Waals surface area contributed by atoms with Crippen LogP contribution in [-0.4, -0.2) is 30.2 Å². The van der Waals surface area contributed by atoms with Gasteiger partial charge >= 0.3 is 0 Å². The summed E-state index contributed by atoms with van der Waals surface area (Å²) in [6, 6.07) is 0. The summed E-state index contributed by atoms with van der Waals surface area (Å²) in [6.07, 6.45) is 9.66. The molecule has 4 aliphatic rings. The SMILES string of the molecule is COC[C@@]1(O)CC[C@@]2(C)[C@H](CC[C@@H]3[C@@H]2CC[C@]2(C)C(=O)CC[C@@H]32)C1. The van der Waals surface area contributed by atoms with E-state index in [4.69, 9.17) is 4.74 Å². The molecular formula is C21H34O3. The lowest BCUT2D eigenvalue weighted by atomic mass is 9.44. The maximum absolute atomic E-state index is 12.5. The van der Waals surface area contributed by atoms with Gasteiger partial charge in [-0.15, -0.1) is 0 Å². The molecule has 0 aromatic heterocycles. The van der Waals surface area contributed by atoms with E-state index < -0.39 is 5.60 Å². The highest BCUT2D eigenvalue weighted by atomic mass is 16.5. The molecule has 0 bridgehead atoms. The fourth-order valence-corrected chi connectivity index (χ4v) is 7.49. The van der Waals surface area contributed by atoms with Crippen LogP contribution in [0.1, 0.15) is 71.6 Å². The van der Waals surface area contributed by atoms with Crippen LogP contribution in [0.15, 0.2) is 0 Å². The molecule has 0 radical (unpaired) electrons. The van der Waals surface area contributed by atoms with Crippen molar-refractivity contribution in [3.8, 4) is 0 Å². The molecule has 4 rings (SSSR count). The van der Waals surface area contributed by atoms with Gasteiger partial charge in [0.25, 0.3) is 0 Å². The van der Waals surface area contributed by atoms with Crippen molar-refractivity contribution in [1.29, 1.82) is 0 Å². The molecule has 4 fully saturated rings. The molecular weight excluding hydrogens is 300 g/mol. The number of aliphatic hydroxyl groups is 1. The average molecular weight is 335 g/mol. The van der Waals surface area contributed by atoms with Gasteiger partial charge in [-0.25, -0.2) is 0 Å². The fraction of sp³-hybridized carbons (Fsp3) is 0.952. The minimum atomic E-state index is -0.613. The van der Waals surface area contributed by atoms with Crippen molar-refractivity contribution in [1.82, 2.24) is 0 Å². The quantitative estimate of drug-likeness (QED) is 0.831. The lowest BCUT2D eigenvalue weighted by Crippen LogP contribution is -2.56. The first-order chi connectivity index (χ1) is 11.3. The summed E-state index contributed by atoms with van der Waals surface area (Å²) in [6.45, 7) is 5.24. The highest BCUT2D eigenvalue weighted by Gasteiger charge is 2.61. The number of Topliss-reactive ketones (excluding diaryl/α,β-unsaturated/α-hetero) is 1. The van der Waals surface area contributed by atoms with Crippen molar-refractivity contribution < 1.29 is 14.6 Å². The van der Waals surface area contributed by atoms with Crippen LogP contribution >= 0.6 is 0 Å². The third kappa shape index (κ3) is 2.26. The molecule has 1 N–H and O–H groups in total. The number of fused-ring (bicyclic) bond motifs is 5. The van der Waals surface area contributed by atoms with Gasteiger partial charge in [-0.3, -0.25) is 4.79 Å². The second kappa shape index (κ2) is 5.54. The number of ketones is 1. The van der Waals surface area contributed by atoms with E-state index in [2.05, 4.69) is 13.8 Å². The Hall–Kier alpha value is -0.410. The van der Waals surface area contributed by atoms with E-state index in [1.165, 1.54) is 19.3 Å². The highest BCUT2D eigenvalue weighted by Crippen LogP contribution is 2.66. The van der Waals surface area contributed by atoms with E-state index in [9.17, 15) is 9.90 Å². The Morgan fingerprint density at radius 3 is 2.62 bits per heavy atom. The Bertz CT molecular complexity index is 531. The molecule has 0 spiro atoms. The van der Waals surface area contributed by atoms with Crippen LogP contribution in [0.5, 0.6) is 0 Å². The van der Waals surface area contributed by atoms with E-state index in [0.29, 0.717) is 29.6 Å². The molecule has 0 unspecified atom stereocenters. The first-order valence-electron chi connectivity index (χ1n) is 10.1. The zero-order chi connectivity index (χ0) is 17.2. The molecule has 136 valence electrons. The third-order valence-corrected chi connectivity index (χ3v) is 8.94. The number of carbonyl (C=O) groups excluding carboxylic acids is 1. The van der Waals surface area contributed by atoms with Gasteiger partial charge in [0, 0.05) is 18.9 Å². The van der Waals surface area contributed by atoms with Crippen molar-refractivity contribution in [2.24, 2.45) is 34.5 Å². The first kappa shape index (κ1) is 17.0. The standard InChI is InChI=1S/C21H34O3/c1-19-10-11-21(23,13-24-3)12-14(19)4-5-15-16-6-7-18(22)20(16,2)9-8-17(15)19/h14-17,23H,4-13H2,1-3H3/t14-,15+,16+,17+,19+,20+,21-/m1/s1.